The van der Waals surface area contributed by atoms with Crippen molar-refractivity contribution in [1.82, 2.24) is 10.3 Å². The van der Waals surface area contributed by atoms with Crippen molar-refractivity contribution in [1.29, 1.82) is 0 Å². The Labute approximate surface area is 59.4 Å². The number of aromatic nitrogens is 1. The van der Waals surface area contributed by atoms with Crippen molar-refractivity contribution in [3.8, 4) is 0 Å². The van der Waals surface area contributed by atoms with E-state index in [-0.39, 0.29) is 6.04 Å². The standard InChI is InChI=1S/C7H10N2O/c1-8-7(5-10)6-2-3-9-4-6/h2-5,7-9H,1H3. The Kier molecular flexibility index (Phi) is 2.23. The molecule has 0 bridgehead atoms. The molecule has 10 heavy (non-hydrogen) atoms. The summed E-state index contributed by atoms with van der Waals surface area (Å²) in [6, 6.07) is 1.70. The van der Waals surface area contributed by atoms with Crippen LogP contribution >= 0.6 is 0 Å². The highest BCUT2D eigenvalue weighted by Crippen LogP contribution is 2.06. The fourth-order valence-corrected chi connectivity index (χ4v) is 0.844. The second-order valence-electron chi connectivity index (χ2n) is 2.05. The van der Waals surface area contributed by atoms with Gasteiger partial charge in [0.25, 0.3) is 0 Å². The molecule has 0 aromatic carbocycles. The van der Waals surface area contributed by atoms with Crippen LogP contribution in [0.3, 0.4) is 0 Å². The van der Waals surface area contributed by atoms with Crippen molar-refractivity contribution in [3.05, 3.63) is 24.0 Å². The van der Waals surface area contributed by atoms with Crippen LogP contribution in [-0.4, -0.2) is 18.3 Å². The molecule has 0 aliphatic rings. The third kappa shape index (κ3) is 1.25. The van der Waals surface area contributed by atoms with Crippen LogP contribution in [0.5, 0.6) is 0 Å². The van der Waals surface area contributed by atoms with Crippen molar-refractivity contribution >= 4 is 6.29 Å². The van der Waals surface area contributed by atoms with Gasteiger partial charge < -0.3 is 15.1 Å². The Balaban J connectivity index is 2.73. The predicted octanol–water partition coefficient (Wildman–Crippen LogP) is 0.474. The normalized spacial score (nSPS) is 12.9. The van der Waals surface area contributed by atoms with Gasteiger partial charge in [0.2, 0.25) is 0 Å². The molecule has 3 nitrogen and oxygen atoms in total. The minimum atomic E-state index is -0.175. The van der Waals surface area contributed by atoms with Crippen LogP contribution in [0.25, 0.3) is 0 Å². The highest BCUT2D eigenvalue weighted by Gasteiger charge is 2.05. The number of carbonyl (C=O) groups excluding carboxylic acids is 1. The highest BCUT2D eigenvalue weighted by atomic mass is 16.1. The summed E-state index contributed by atoms with van der Waals surface area (Å²) >= 11 is 0. The molecule has 1 heterocycles. The lowest BCUT2D eigenvalue weighted by Gasteiger charge is -2.03. The second-order valence-corrected chi connectivity index (χ2v) is 2.05. The zero-order valence-electron chi connectivity index (χ0n) is 5.79. The number of aldehydes is 1. The number of hydrogen-bond acceptors (Lipinski definition) is 2. The first-order valence-electron chi connectivity index (χ1n) is 3.13. The average Bonchev–Trinajstić information content (AvgIpc) is 2.43. The highest BCUT2D eigenvalue weighted by molar-refractivity contribution is 5.60. The molecular formula is C7H10N2O. The monoisotopic (exact) mass is 138 g/mol. The molecule has 0 radical (unpaired) electrons. The molecule has 1 unspecified atom stereocenters. The summed E-state index contributed by atoms with van der Waals surface area (Å²) in [7, 11) is 1.76. The van der Waals surface area contributed by atoms with E-state index < -0.39 is 0 Å². The van der Waals surface area contributed by atoms with Crippen molar-refractivity contribution in [3.63, 3.8) is 0 Å². The molecule has 0 saturated heterocycles. The van der Waals surface area contributed by atoms with E-state index in [1.165, 1.54) is 0 Å². The third-order valence-electron chi connectivity index (χ3n) is 1.43. The molecule has 0 aliphatic carbocycles. The molecule has 1 aromatic heterocycles. The molecule has 0 aliphatic heterocycles. The van der Waals surface area contributed by atoms with Gasteiger partial charge in [-0.3, -0.25) is 0 Å². The topological polar surface area (TPSA) is 44.9 Å². The quantitative estimate of drug-likeness (QED) is 0.596. The average molecular weight is 138 g/mol. The van der Waals surface area contributed by atoms with Gasteiger partial charge in [-0.25, -0.2) is 0 Å². The van der Waals surface area contributed by atoms with Gasteiger partial charge in [0, 0.05) is 12.4 Å². The zero-order valence-corrected chi connectivity index (χ0v) is 5.79. The molecule has 1 atom stereocenters. The molecule has 0 fully saturated rings. The molecule has 0 saturated carbocycles. The molecular weight excluding hydrogens is 128 g/mol. The molecule has 1 aromatic rings. The van der Waals surface area contributed by atoms with Gasteiger partial charge in [0.15, 0.2) is 0 Å². The molecule has 2 N–H and O–H groups in total. The SMILES string of the molecule is CNC(C=O)c1cc[nH]c1. The van der Waals surface area contributed by atoms with Crippen molar-refractivity contribution in [2.24, 2.45) is 0 Å². The van der Waals surface area contributed by atoms with Crippen LogP contribution in [0.15, 0.2) is 18.5 Å². The first kappa shape index (κ1) is 7.02. The first-order chi connectivity index (χ1) is 4.88. The Morgan fingerprint density at radius 3 is 3.00 bits per heavy atom. The van der Waals surface area contributed by atoms with Gasteiger partial charge in [-0.15, -0.1) is 0 Å². The lowest BCUT2D eigenvalue weighted by Crippen LogP contribution is -2.16. The molecule has 54 valence electrons. The van der Waals surface area contributed by atoms with Gasteiger partial charge in [0.05, 0.1) is 6.04 Å². The number of aromatic amines is 1. The van der Waals surface area contributed by atoms with Gasteiger partial charge in [-0.05, 0) is 18.7 Å². The van der Waals surface area contributed by atoms with E-state index in [2.05, 4.69) is 10.3 Å². The van der Waals surface area contributed by atoms with Crippen LogP contribution in [0.2, 0.25) is 0 Å². The summed E-state index contributed by atoms with van der Waals surface area (Å²) in [5.74, 6) is 0. The van der Waals surface area contributed by atoms with E-state index in [1.807, 2.05) is 6.07 Å². The smallest absolute Gasteiger partial charge is 0.141 e. The number of H-pyrrole nitrogens is 1. The minimum Gasteiger partial charge on any atom is -0.367 e. The van der Waals surface area contributed by atoms with Crippen molar-refractivity contribution < 1.29 is 4.79 Å². The second kappa shape index (κ2) is 3.17. The Hall–Kier alpha value is -1.09. The Morgan fingerprint density at radius 2 is 2.60 bits per heavy atom. The van der Waals surface area contributed by atoms with E-state index in [4.69, 9.17) is 0 Å². The van der Waals surface area contributed by atoms with E-state index >= 15 is 0 Å². The van der Waals surface area contributed by atoms with Gasteiger partial charge in [0.1, 0.15) is 6.29 Å². The van der Waals surface area contributed by atoms with Crippen LogP contribution in [0, 0.1) is 0 Å². The first-order valence-corrected chi connectivity index (χ1v) is 3.13. The van der Waals surface area contributed by atoms with E-state index in [1.54, 1.807) is 19.4 Å². The molecule has 0 spiro atoms. The fourth-order valence-electron chi connectivity index (χ4n) is 0.844. The summed E-state index contributed by atoms with van der Waals surface area (Å²) in [4.78, 5) is 13.2. The minimum absolute atomic E-state index is 0.175. The number of likely N-dealkylation sites (N-methyl/N-ethyl adjacent to an activating group) is 1. The summed E-state index contributed by atoms with van der Waals surface area (Å²) in [6.45, 7) is 0. The van der Waals surface area contributed by atoms with Crippen LogP contribution in [-0.2, 0) is 4.79 Å². The van der Waals surface area contributed by atoms with Crippen molar-refractivity contribution in [2.45, 2.75) is 6.04 Å². The maximum Gasteiger partial charge on any atom is 0.141 e. The number of nitrogens with one attached hydrogen (secondary N) is 2. The molecule has 3 heteroatoms. The van der Waals surface area contributed by atoms with Crippen molar-refractivity contribution in [2.75, 3.05) is 7.05 Å². The summed E-state index contributed by atoms with van der Waals surface area (Å²) in [5, 5.41) is 2.87. The summed E-state index contributed by atoms with van der Waals surface area (Å²) < 4.78 is 0. The lowest BCUT2D eigenvalue weighted by atomic mass is 10.2. The maximum absolute atomic E-state index is 10.4. The van der Waals surface area contributed by atoms with Crippen LogP contribution in [0.1, 0.15) is 11.6 Å². The maximum atomic E-state index is 10.4. The van der Waals surface area contributed by atoms with Gasteiger partial charge in [-0.1, -0.05) is 0 Å². The zero-order chi connectivity index (χ0) is 7.40. The predicted molar refractivity (Wildman–Crippen MR) is 38.7 cm³/mol. The number of rotatable bonds is 3. The Bertz CT molecular complexity index is 193. The van der Waals surface area contributed by atoms with Crippen LogP contribution in [0.4, 0.5) is 0 Å². The van der Waals surface area contributed by atoms with E-state index in [0.29, 0.717) is 0 Å². The fraction of sp³-hybridized carbons (Fsp3) is 0.286. The summed E-state index contributed by atoms with van der Waals surface area (Å²) in [6.07, 6.45) is 4.47. The van der Waals surface area contributed by atoms with E-state index in [0.717, 1.165) is 11.8 Å². The molecule has 0 amide bonds. The largest absolute Gasteiger partial charge is 0.367 e. The summed E-state index contributed by atoms with van der Waals surface area (Å²) in [5.41, 5.74) is 0.970. The molecule has 1 rings (SSSR count). The third-order valence-corrected chi connectivity index (χ3v) is 1.43. The Morgan fingerprint density at radius 1 is 1.80 bits per heavy atom. The van der Waals surface area contributed by atoms with E-state index in [9.17, 15) is 4.79 Å². The van der Waals surface area contributed by atoms with Crippen LogP contribution < -0.4 is 5.32 Å². The lowest BCUT2D eigenvalue weighted by molar-refractivity contribution is -0.109. The van der Waals surface area contributed by atoms with Gasteiger partial charge >= 0.3 is 0 Å². The van der Waals surface area contributed by atoms with Gasteiger partial charge in [-0.2, -0.15) is 0 Å². The number of hydrogen-bond donors (Lipinski definition) is 2. The number of carbonyl (C=O) groups is 1.